The molecule has 2 nitrogen and oxygen atoms in total. The van der Waals surface area contributed by atoms with Gasteiger partial charge in [-0.05, 0) is 19.8 Å². The van der Waals surface area contributed by atoms with Crippen molar-refractivity contribution in [2.45, 2.75) is 41.0 Å². The number of hydrogen-bond acceptors (Lipinski definition) is 3. The highest BCUT2D eigenvalue weighted by atomic mass is 32.1. The van der Waals surface area contributed by atoms with Crippen LogP contribution in [0.25, 0.3) is 0 Å². The third-order valence-corrected chi connectivity index (χ3v) is 3.98. The van der Waals surface area contributed by atoms with Crippen LogP contribution in [0.4, 0.5) is 0 Å². The van der Waals surface area contributed by atoms with Gasteiger partial charge in [0.1, 0.15) is 10.8 Å². The zero-order chi connectivity index (χ0) is 11.6. The maximum Gasteiger partial charge on any atom is 0.142 e. The van der Waals surface area contributed by atoms with E-state index >= 15 is 0 Å². The van der Waals surface area contributed by atoms with Crippen molar-refractivity contribution in [1.82, 2.24) is 4.98 Å². The van der Waals surface area contributed by atoms with Gasteiger partial charge in [-0.3, -0.25) is 4.79 Å². The summed E-state index contributed by atoms with van der Waals surface area (Å²) in [4.78, 5) is 17.4. The van der Waals surface area contributed by atoms with E-state index in [1.54, 1.807) is 11.3 Å². The molecule has 1 atom stereocenters. The predicted octanol–water partition coefficient (Wildman–Crippen LogP) is 3.16. The maximum atomic E-state index is 11.8. The number of aryl methyl sites for hydroxylation is 2. The average Bonchev–Trinajstić information content (AvgIpc) is 2.44. The van der Waals surface area contributed by atoms with E-state index in [1.807, 2.05) is 20.8 Å². The summed E-state index contributed by atoms with van der Waals surface area (Å²) in [6, 6.07) is 0. The molecule has 3 heteroatoms. The van der Waals surface area contributed by atoms with Crippen LogP contribution < -0.4 is 0 Å². The van der Waals surface area contributed by atoms with Gasteiger partial charge in [0.25, 0.3) is 0 Å². The minimum atomic E-state index is 0.134. The Bertz CT molecular complexity index is 335. The Morgan fingerprint density at radius 3 is 2.33 bits per heavy atom. The molecular formula is C12H19NOS. The van der Waals surface area contributed by atoms with Crippen LogP contribution in [0, 0.1) is 25.7 Å². The van der Waals surface area contributed by atoms with Crippen molar-refractivity contribution in [3.63, 3.8) is 0 Å². The van der Waals surface area contributed by atoms with E-state index in [-0.39, 0.29) is 5.92 Å². The molecule has 84 valence electrons. The van der Waals surface area contributed by atoms with Gasteiger partial charge in [-0.2, -0.15) is 0 Å². The van der Waals surface area contributed by atoms with Crippen LogP contribution in [-0.2, 0) is 11.2 Å². The van der Waals surface area contributed by atoms with E-state index in [1.165, 1.54) is 4.88 Å². The topological polar surface area (TPSA) is 30.0 Å². The second kappa shape index (κ2) is 4.88. The Morgan fingerprint density at radius 2 is 1.93 bits per heavy atom. The zero-order valence-electron chi connectivity index (χ0n) is 10.1. The third kappa shape index (κ3) is 3.13. The van der Waals surface area contributed by atoms with Crippen LogP contribution in [0.3, 0.4) is 0 Å². The van der Waals surface area contributed by atoms with Crippen molar-refractivity contribution in [2.75, 3.05) is 0 Å². The number of hydrogen-bond donors (Lipinski definition) is 0. The summed E-state index contributed by atoms with van der Waals surface area (Å²) >= 11 is 1.64. The lowest BCUT2D eigenvalue weighted by atomic mass is 9.92. The first-order chi connectivity index (χ1) is 6.91. The maximum absolute atomic E-state index is 11.8. The van der Waals surface area contributed by atoms with Gasteiger partial charge < -0.3 is 0 Å². The fourth-order valence-electron chi connectivity index (χ4n) is 1.30. The first-order valence-corrected chi connectivity index (χ1v) is 6.19. The van der Waals surface area contributed by atoms with Gasteiger partial charge in [-0.25, -0.2) is 4.98 Å². The Morgan fingerprint density at radius 1 is 1.33 bits per heavy atom. The highest BCUT2D eigenvalue weighted by Gasteiger charge is 2.18. The first-order valence-electron chi connectivity index (χ1n) is 5.37. The number of Topliss-reactive ketones (excluding diaryl/α,β-unsaturated/α-hetero) is 1. The SMILES string of the molecule is Cc1nc(CC(=O)C(C)C(C)C)sc1C. The number of rotatable bonds is 4. The van der Waals surface area contributed by atoms with Crippen LogP contribution in [0.5, 0.6) is 0 Å². The molecule has 1 rings (SSSR count). The highest BCUT2D eigenvalue weighted by molar-refractivity contribution is 7.11. The number of thiazole rings is 1. The van der Waals surface area contributed by atoms with Crippen LogP contribution in [-0.4, -0.2) is 10.8 Å². The van der Waals surface area contributed by atoms with Crippen molar-refractivity contribution in [3.8, 4) is 0 Å². The van der Waals surface area contributed by atoms with Gasteiger partial charge >= 0.3 is 0 Å². The van der Waals surface area contributed by atoms with Crippen molar-refractivity contribution in [2.24, 2.45) is 11.8 Å². The number of nitrogens with zero attached hydrogens (tertiary/aromatic N) is 1. The van der Waals surface area contributed by atoms with E-state index in [4.69, 9.17) is 0 Å². The standard InChI is InChI=1S/C12H19NOS/c1-7(2)8(3)11(14)6-12-13-9(4)10(5)15-12/h7-8H,6H2,1-5H3. The molecule has 0 amide bonds. The molecule has 1 aromatic heterocycles. The fraction of sp³-hybridized carbons (Fsp3) is 0.667. The minimum Gasteiger partial charge on any atom is -0.299 e. The zero-order valence-corrected chi connectivity index (χ0v) is 10.9. The molecule has 0 aliphatic rings. The molecule has 0 fully saturated rings. The van der Waals surface area contributed by atoms with Gasteiger partial charge in [0.15, 0.2) is 0 Å². The molecule has 0 aliphatic carbocycles. The summed E-state index contributed by atoms with van der Waals surface area (Å²) in [6.45, 7) is 10.2. The molecule has 0 saturated carbocycles. The molecule has 0 N–H and O–H groups in total. The van der Waals surface area contributed by atoms with Gasteiger partial charge in [0, 0.05) is 10.8 Å². The highest BCUT2D eigenvalue weighted by Crippen LogP contribution is 2.20. The lowest BCUT2D eigenvalue weighted by molar-refractivity contribution is -0.122. The van der Waals surface area contributed by atoms with E-state index in [9.17, 15) is 4.79 Å². The molecule has 0 spiro atoms. The Kier molecular flexibility index (Phi) is 4.03. The lowest BCUT2D eigenvalue weighted by Crippen LogP contribution is -2.18. The largest absolute Gasteiger partial charge is 0.299 e. The van der Waals surface area contributed by atoms with Crippen molar-refractivity contribution < 1.29 is 4.79 Å². The Hall–Kier alpha value is -0.700. The number of ketones is 1. The quantitative estimate of drug-likeness (QED) is 0.788. The molecule has 0 radical (unpaired) electrons. The minimum absolute atomic E-state index is 0.134. The van der Waals surface area contributed by atoms with Gasteiger partial charge in [-0.1, -0.05) is 20.8 Å². The molecule has 1 unspecified atom stereocenters. The summed E-state index contributed by atoms with van der Waals surface area (Å²) < 4.78 is 0. The molecule has 1 heterocycles. The average molecular weight is 225 g/mol. The van der Waals surface area contributed by atoms with Crippen LogP contribution in [0.2, 0.25) is 0 Å². The number of carbonyl (C=O) groups is 1. The van der Waals surface area contributed by atoms with E-state index in [0.717, 1.165) is 10.7 Å². The van der Waals surface area contributed by atoms with Crippen molar-refractivity contribution >= 4 is 17.1 Å². The summed E-state index contributed by atoms with van der Waals surface area (Å²) in [7, 11) is 0. The van der Waals surface area contributed by atoms with E-state index in [0.29, 0.717) is 18.1 Å². The van der Waals surface area contributed by atoms with Crippen molar-refractivity contribution in [1.29, 1.82) is 0 Å². The summed E-state index contributed by atoms with van der Waals surface area (Å²) in [5, 5.41) is 0.961. The normalized spacial score (nSPS) is 13.2. The van der Waals surface area contributed by atoms with E-state index in [2.05, 4.69) is 18.8 Å². The molecule has 0 saturated heterocycles. The van der Waals surface area contributed by atoms with E-state index < -0.39 is 0 Å². The number of aromatic nitrogens is 1. The van der Waals surface area contributed by atoms with Crippen molar-refractivity contribution in [3.05, 3.63) is 15.6 Å². The first kappa shape index (κ1) is 12.4. The summed E-state index contributed by atoms with van der Waals surface area (Å²) in [5.74, 6) is 0.855. The van der Waals surface area contributed by atoms with Gasteiger partial charge in [0.05, 0.1) is 12.1 Å². The molecule has 1 aromatic rings. The van der Waals surface area contributed by atoms with Gasteiger partial charge in [-0.15, -0.1) is 11.3 Å². The second-order valence-electron chi connectivity index (χ2n) is 4.42. The molecule has 15 heavy (non-hydrogen) atoms. The molecule has 0 aromatic carbocycles. The predicted molar refractivity (Wildman–Crippen MR) is 64.3 cm³/mol. The molecular weight excluding hydrogens is 206 g/mol. The summed E-state index contributed by atoms with van der Waals surface area (Å²) in [5.41, 5.74) is 1.06. The smallest absolute Gasteiger partial charge is 0.142 e. The van der Waals surface area contributed by atoms with Gasteiger partial charge in [0.2, 0.25) is 0 Å². The Labute approximate surface area is 95.7 Å². The second-order valence-corrected chi connectivity index (χ2v) is 5.71. The third-order valence-electron chi connectivity index (χ3n) is 2.91. The fourth-order valence-corrected chi connectivity index (χ4v) is 2.24. The van der Waals surface area contributed by atoms with Crippen LogP contribution in [0.1, 0.15) is 36.3 Å². The Balaban J connectivity index is 2.66. The van der Waals surface area contributed by atoms with Crippen LogP contribution in [0.15, 0.2) is 0 Å². The van der Waals surface area contributed by atoms with Crippen LogP contribution >= 0.6 is 11.3 Å². The number of carbonyl (C=O) groups excluding carboxylic acids is 1. The summed E-state index contributed by atoms with van der Waals surface area (Å²) in [6.07, 6.45) is 0.499. The molecule has 0 aliphatic heterocycles. The lowest BCUT2D eigenvalue weighted by Gasteiger charge is -2.12. The monoisotopic (exact) mass is 225 g/mol. The molecule has 0 bridgehead atoms.